The van der Waals surface area contributed by atoms with Crippen molar-refractivity contribution in [1.29, 1.82) is 0 Å². The van der Waals surface area contributed by atoms with E-state index in [1.54, 1.807) is 7.11 Å². The molecule has 24 heavy (non-hydrogen) atoms. The number of hydrogen-bond donors (Lipinski definition) is 1. The van der Waals surface area contributed by atoms with Gasteiger partial charge in [0.15, 0.2) is 0 Å². The SMILES string of the molecule is COc1c(CNCc2ccccc2CN(C)C)c(C(C)C)nn1C. The van der Waals surface area contributed by atoms with Crippen LogP contribution in [0.25, 0.3) is 0 Å². The predicted molar refractivity (Wildman–Crippen MR) is 98.2 cm³/mol. The second-order valence-corrected chi connectivity index (χ2v) is 6.76. The molecule has 0 aliphatic heterocycles. The van der Waals surface area contributed by atoms with E-state index in [2.05, 4.69) is 67.5 Å². The minimum absolute atomic E-state index is 0.373. The van der Waals surface area contributed by atoms with Crippen molar-refractivity contribution in [3.63, 3.8) is 0 Å². The number of aryl methyl sites for hydroxylation is 1. The molecule has 2 rings (SSSR count). The minimum atomic E-state index is 0.373. The van der Waals surface area contributed by atoms with Crippen LogP contribution in [0.2, 0.25) is 0 Å². The van der Waals surface area contributed by atoms with Gasteiger partial charge >= 0.3 is 0 Å². The highest BCUT2D eigenvalue weighted by Crippen LogP contribution is 2.27. The van der Waals surface area contributed by atoms with E-state index in [-0.39, 0.29) is 0 Å². The van der Waals surface area contributed by atoms with Crippen LogP contribution in [0.4, 0.5) is 0 Å². The van der Waals surface area contributed by atoms with Gasteiger partial charge in [0.2, 0.25) is 5.88 Å². The van der Waals surface area contributed by atoms with Crippen molar-refractivity contribution < 1.29 is 4.74 Å². The summed E-state index contributed by atoms with van der Waals surface area (Å²) in [5, 5.41) is 8.17. The van der Waals surface area contributed by atoms with E-state index < -0.39 is 0 Å². The van der Waals surface area contributed by atoms with E-state index >= 15 is 0 Å². The van der Waals surface area contributed by atoms with E-state index in [9.17, 15) is 0 Å². The normalized spacial score (nSPS) is 11.5. The summed E-state index contributed by atoms with van der Waals surface area (Å²) in [5.74, 6) is 1.21. The molecule has 5 nitrogen and oxygen atoms in total. The lowest BCUT2D eigenvalue weighted by atomic mass is 10.0. The van der Waals surface area contributed by atoms with E-state index in [1.807, 2.05) is 11.7 Å². The van der Waals surface area contributed by atoms with Gasteiger partial charge in [0.1, 0.15) is 0 Å². The van der Waals surface area contributed by atoms with Crippen molar-refractivity contribution in [1.82, 2.24) is 20.0 Å². The Labute approximate surface area is 145 Å². The van der Waals surface area contributed by atoms with Crippen molar-refractivity contribution in [3.8, 4) is 5.88 Å². The first-order valence-electron chi connectivity index (χ1n) is 8.46. The zero-order chi connectivity index (χ0) is 17.7. The molecule has 1 N–H and O–H groups in total. The topological polar surface area (TPSA) is 42.3 Å². The number of aromatic nitrogens is 2. The number of methoxy groups -OCH3 is 1. The van der Waals surface area contributed by atoms with Crippen LogP contribution in [0, 0.1) is 0 Å². The van der Waals surface area contributed by atoms with Crippen LogP contribution in [0.5, 0.6) is 5.88 Å². The molecule has 0 radical (unpaired) electrons. The molecule has 1 aromatic heterocycles. The third kappa shape index (κ3) is 4.36. The Balaban J connectivity index is 2.10. The van der Waals surface area contributed by atoms with Gasteiger partial charge in [-0.05, 0) is 31.1 Å². The van der Waals surface area contributed by atoms with Gasteiger partial charge in [-0.25, -0.2) is 4.68 Å². The molecule has 0 aliphatic carbocycles. The fraction of sp³-hybridized carbons (Fsp3) is 0.526. The molecule has 0 bridgehead atoms. The number of nitrogens with one attached hydrogen (secondary N) is 1. The number of ether oxygens (including phenoxy) is 1. The summed E-state index contributed by atoms with van der Waals surface area (Å²) in [6.07, 6.45) is 0. The van der Waals surface area contributed by atoms with Gasteiger partial charge < -0.3 is 15.0 Å². The Bertz CT molecular complexity index is 661. The fourth-order valence-electron chi connectivity index (χ4n) is 3.00. The van der Waals surface area contributed by atoms with Crippen molar-refractivity contribution >= 4 is 0 Å². The molecule has 0 spiro atoms. The highest BCUT2D eigenvalue weighted by molar-refractivity contribution is 5.34. The summed E-state index contributed by atoms with van der Waals surface area (Å²) in [4.78, 5) is 2.19. The quantitative estimate of drug-likeness (QED) is 0.808. The third-order valence-electron chi connectivity index (χ3n) is 4.08. The molecule has 0 aliphatic rings. The number of nitrogens with zero attached hydrogens (tertiary/aromatic N) is 3. The van der Waals surface area contributed by atoms with Crippen LogP contribution in [-0.2, 0) is 26.7 Å². The maximum atomic E-state index is 5.54. The molecule has 1 aromatic carbocycles. The Morgan fingerprint density at radius 2 is 1.83 bits per heavy atom. The number of benzene rings is 1. The predicted octanol–water partition coefficient (Wildman–Crippen LogP) is 2.90. The summed E-state index contributed by atoms with van der Waals surface area (Å²) in [5.41, 5.74) is 4.95. The van der Waals surface area contributed by atoms with Crippen LogP contribution >= 0.6 is 0 Å². The second-order valence-electron chi connectivity index (χ2n) is 6.76. The van der Waals surface area contributed by atoms with Crippen LogP contribution in [-0.4, -0.2) is 35.9 Å². The van der Waals surface area contributed by atoms with Crippen molar-refractivity contribution in [2.75, 3.05) is 21.2 Å². The summed E-state index contributed by atoms with van der Waals surface area (Å²) < 4.78 is 7.37. The van der Waals surface area contributed by atoms with Gasteiger partial charge in [0.25, 0.3) is 0 Å². The van der Waals surface area contributed by atoms with Crippen LogP contribution in [0.1, 0.15) is 42.1 Å². The van der Waals surface area contributed by atoms with Crippen LogP contribution < -0.4 is 10.1 Å². The van der Waals surface area contributed by atoms with Crippen molar-refractivity contribution in [2.45, 2.75) is 39.4 Å². The Morgan fingerprint density at radius 1 is 1.17 bits per heavy atom. The van der Waals surface area contributed by atoms with Gasteiger partial charge in [-0.3, -0.25) is 0 Å². The van der Waals surface area contributed by atoms with Crippen LogP contribution in [0.15, 0.2) is 24.3 Å². The number of hydrogen-bond acceptors (Lipinski definition) is 4. The smallest absolute Gasteiger partial charge is 0.216 e. The summed E-state index contributed by atoms with van der Waals surface area (Å²) in [6, 6.07) is 8.58. The average molecular weight is 330 g/mol. The Kier molecular flexibility index (Phi) is 6.40. The van der Waals surface area contributed by atoms with Gasteiger partial charge in [-0.1, -0.05) is 38.1 Å². The fourth-order valence-corrected chi connectivity index (χ4v) is 3.00. The summed E-state index contributed by atoms with van der Waals surface area (Å²) >= 11 is 0. The Morgan fingerprint density at radius 3 is 2.42 bits per heavy atom. The van der Waals surface area contributed by atoms with Gasteiger partial charge in [-0.2, -0.15) is 5.10 Å². The van der Waals surface area contributed by atoms with Crippen molar-refractivity contribution in [2.24, 2.45) is 7.05 Å². The Hall–Kier alpha value is -1.85. The molecule has 0 saturated heterocycles. The molecule has 0 saturated carbocycles. The van der Waals surface area contributed by atoms with E-state index in [1.165, 1.54) is 11.1 Å². The minimum Gasteiger partial charge on any atom is -0.481 e. The zero-order valence-corrected chi connectivity index (χ0v) is 15.8. The van der Waals surface area contributed by atoms with Gasteiger partial charge in [0, 0.05) is 26.7 Å². The maximum Gasteiger partial charge on any atom is 0.216 e. The first-order valence-corrected chi connectivity index (χ1v) is 8.46. The maximum absolute atomic E-state index is 5.54. The monoisotopic (exact) mass is 330 g/mol. The molecule has 5 heteroatoms. The highest BCUT2D eigenvalue weighted by atomic mass is 16.5. The molecule has 1 heterocycles. The summed E-state index contributed by atoms with van der Waals surface area (Å²) in [7, 11) is 7.83. The highest BCUT2D eigenvalue weighted by Gasteiger charge is 2.18. The largest absolute Gasteiger partial charge is 0.481 e. The molecule has 0 unspecified atom stereocenters. The van der Waals surface area contributed by atoms with E-state index in [4.69, 9.17) is 4.74 Å². The zero-order valence-electron chi connectivity index (χ0n) is 15.8. The van der Waals surface area contributed by atoms with E-state index in [0.29, 0.717) is 5.92 Å². The number of rotatable bonds is 8. The molecular weight excluding hydrogens is 300 g/mol. The lowest BCUT2D eigenvalue weighted by molar-refractivity contribution is 0.368. The van der Waals surface area contributed by atoms with Gasteiger partial charge in [-0.15, -0.1) is 0 Å². The lowest BCUT2D eigenvalue weighted by Gasteiger charge is -2.15. The van der Waals surface area contributed by atoms with Crippen LogP contribution in [0.3, 0.4) is 0 Å². The average Bonchev–Trinajstić information content (AvgIpc) is 2.84. The standard InChI is InChI=1S/C19H30N4O/c1-14(2)18-17(19(24-6)23(5)21-18)12-20-11-15-9-7-8-10-16(15)13-22(3)4/h7-10,14,20H,11-13H2,1-6H3. The second kappa shape index (κ2) is 8.31. The third-order valence-corrected chi connectivity index (χ3v) is 4.08. The van der Waals surface area contributed by atoms with Gasteiger partial charge in [0.05, 0.1) is 18.4 Å². The van der Waals surface area contributed by atoms with E-state index in [0.717, 1.165) is 36.8 Å². The van der Waals surface area contributed by atoms with Crippen molar-refractivity contribution in [3.05, 3.63) is 46.6 Å². The first-order chi connectivity index (χ1) is 11.4. The molecule has 0 atom stereocenters. The molecule has 132 valence electrons. The molecular formula is C19H30N4O. The molecule has 2 aromatic rings. The summed E-state index contributed by atoms with van der Waals surface area (Å²) in [6.45, 7) is 6.86. The molecule has 0 fully saturated rings. The lowest BCUT2D eigenvalue weighted by Crippen LogP contribution is -2.18. The first kappa shape index (κ1) is 18.5. The molecule has 0 amide bonds.